The molecule has 0 heteroatoms. The van der Waals surface area contributed by atoms with Gasteiger partial charge in [0.25, 0.3) is 0 Å². The first-order chi connectivity index (χ1) is 7.09. The Labute approximate surface area is 95.5 Å². The van der Waals surface area contributed by atoms with E-state index in [1.807, 2.05) is 0 Å². The second-order valence-corrected chi connectivity index (χ2v) is 5.20. The van der Waals surface area contributed by atoms with E-state index in [2.05, 4.69) is 33.8 Å². The summed E-state index contributed by atoms with van der Waals surface area (Å²) < 4.78 is 0. The minimum Gasteiger partial charge on any atom is -0.0815 e. The largest absolute Gasteiger partial charge is 0.0897 e. The molecule has 0 aromatic rings. The number of allylic oxidation sites excluding steroid dienone is 4. The van der Waals surface area contributed by atoms with Crippen LogP contribution < -0.4 is 0 Å². The quantitative estimate of drug-likeness (QED) is 0.436. The van der Waals surface area contributed by atoms with Crippen LogP contribution in [-0.4, -0.2) is 0 Å². The molecule has 0 fully saturated rings. The number of rotatable bonds is 4. The molecule has 0 aromatic heterocycles. The molecule has 15 heavy (non-hydrogen) atoms. The van der Waals surface area contributed by atoms with Crippen molar-refractivity contribution in [3.8, 4) is 0 Å². The van der Waals surface area contributed by atoms with Gasteiger partial charge in [-0.15, -0.1) is 0 Å². The van der Waals surface area contributed by atoms with Gasteiger partial charge in [0, 0.05) is 0 Å². The lowest BCUT2D eigenvalue weighted by Gasteiger charge is -2.16. The van der Waals surface area contributed by atoms with Crippen LogP contribution in [0.5, 0.6) is 0 Å². The summed E-state index contributed by atoms with van der Waals surface area (Å²) in [6.07, 6.45) is 10.1. The molecule has 1 aliphatic carbocycles. The fourth-order valence-electron chi connectivity index (χ4n) is 2.12. The highest BCUT2D eigenvalue weighted by molar-refractivity contribution is 5.22. The molecule has 0 nitrogen and oxygen atoms in total. The van der Waals surface area contributed by atoms with Crippen molar-refractivity contribution in [2.45, 2.75) is 66.2 Å². The van der Waals surface area contributed by atoms with Gasteiger partial charge >= 0.3 is 0 Å². The molecular formula is C15H25+. The van der Waals surface area contributed by atoms with E-state index in [0.29, 0.717) is 0 Å². The third-order valence-corrected chi connectivity index (χ3v) is 3.35. The fraction of sp³-hybridized carbons (Fsp3) is 0.667. The van der Waals surface area contributed by atoms with Crippen LogP contribution in [-0.2, 0) is 0 Å². The van der Waals surface area contributed by atoms with E-state index < -0.39 is 0 Å². The van der Waals surface area contributed by atoms with Crippen molar-refractivity contribution >= 4 is 0 Å². The molecule has 1 rings (SSSR count). The Morgan fingerprint density at radius 2 is 2.07 bits per heavy atom. The van der Waals surface area contributed by atoms with Crippen molar-refractivity contribution in [3.05, 3.63) is 28.7 Å². The molecule has 0 saturated carbocycles. The smallest absolute Gasteiger partial charge is 0.0815 e. The maximum atomic E-state index is 2.40. The van der Waals surface area contributed by atoms with Crippen molar-refractivity contribution in [2.24, 2.45) is 0 Å². The van der Waals surface area contributed by atoms with Gasteiger partial charge < -0.3 is 0 Å². The predicted molar refractivity (Wildman–Crippen MR) is 68.8 cm³/mol. The van der Waals surface area contributed by atoms with Gasteiger partial charge in [0.15, 0.2) is 0 Å². The maximum absolute atomic E-state index is 2.40. The van der Waals surface area contributed by atoms with Crippen LogP contribution in [0.4, 0.5) is 0 Å². The third kappa shape index (κ3) is 4.59. The zero-order chi connectivity index (χ0) is 11.3. The summed E-state index contributed by atoms with van der Waals surface area (Å²) in [5, 5.41) is 0. The average molecular weight is 205 g/mol. The van der Waals surface area contributed by atoms with E-state index in [1.54, 1.807) is 22.6 Å². The van der Waals surface area contributed by atoms with Gasteiger partial charge in [0.2, 0.25) is 0 Å². The van der Waals surface area contributed by atoms with Crippen LogP contribution in [0.2, 0.25) is 0 Å². The lowest BCUT2D eigenvalue weighted by Crippen LogP contribution is -1.96. The summed E-state index contributed by atoms with van der Waals surface area (Å²) in [7, 11) is 0. The van der Waals surface area contributed by atoms with E-state index >= 15 is 0 Å². The molecule has 0 unspecified atom stereocenters. The Balaban J connectivity index is 2.38. The normalized spacial score (nSPS) is 19.9. The summed E-state index contributed by atoms with van der Waals surface area (Å²) in [5.74, 6) is 1.56. The van der Waals surface area contributed by atoms with Crippen molar-refractivity contribution in [3.63, 3.8) is 0 Å². The Kier molecular flexibility index (Phi) is 5.01. The monoisotopic (exact) mass is 205 g/mol. The first-order valence-electron chi connectivity index (χ1n) is 6.21. The zero-order valence-corrected chi connectivity index (χ0v) is 10.8. The van der Waals surface area contributed by atoms with Gasteiger partial charge in [-0.05, 0) is 46.0 Å². The molecule has 1 aliphatic rings. The first-order valence-corrected chi connectivity index (χ1v) is 6.21. The second kappa shape index (κ2) is 6.05. The minimum atomic E-state index is 1.21. The van der Waals surface area contributed by atoms with Gasteiger partial charge in [0.1, 0.15) is 0 Å². The molecule has 0 radical (unpaired) electrons. The summed E-state index contributed by atoms with van der Waals surface area (Å²) in [6, 6.07) is 0. The molecule has 0 aromatic carbocycles. The van der Waals surface area contributed by atoms with Crippen LogP contribution in [0.15, 0.2) is 22.8 Å². The maximum Gasteiger partial charge on any atom is 0.0897 e. The molecule has 0 amide bonds. The summed E-state index contributed by atoms with van der Waals surface area (Å²) in [4.78, 5) is 0. The summed E-state index contributed by atoms with van der Waals surface area (Å²) >= 11 is 0. The van der Waals surface area contributed by atoms with Crippen LogP contribution >= 0.6 is 0 Å². The minimum absolute atomic E-state index is 1.21. The van der Waals surface area contributed by atoms with Gasteiger partial charge in [-0.2, -0.15) is 0 Å². The highest BCUT2D eigenvalue weighted by Crippen LogP contribution is 2.27. The van der Waals surface area contributed by atoms with E-state index in [-0.39, 0.29) is 0 Å². The predicted octanol–water partition coefficient (Wildman–Crippen LogP) is 5.22. The third-order valence-electron chi connectivity index (χ3n) is 3.35. The molecule has 0 atom stereocenters. The lowest BCUT2D eigenvalue weighted by molar-refractivity contribution is 0.723. The second-order valence-electron chi connectivity index (χ2n) is 5.20. The molecule has 0 aliphatic heterocycles. The van der Waals surface area contributed by atoms with E-state index in [4.69, 9.17) is 0 Å². The Bertz CT molecular complexity index is 253. The Hall–Kier alpha value is -0.650. The van der Waals surface area contributed by atoms with Crippen LogP contribution in [0.1, 0.15) is 66.2 Å². The molecule has 0 spiro atoms. The molecule has 0 saturated heterocycles. The van der Waals surface area contributed by atoms with Crippen molar-refractivity contribution in [1.82, 2.24) is 0 Å². The number of hydrogen-bond acceptors (Lipinski definition) is 0. The first kappa shape index (κ1) is 12.4. The van der Waals surface area contributed by atoms with E-state index in [9.17, 15) is 0 Å². The topological polar surface area (TPSA) is 0 Å². The molecular weight excluding hydrogens is 180 g/mol. The SMILES string of the molecule is CC1=CC/C(=C(/C)CCC[C+](C)C)CC1. The van der Waals surface area contributed by atoms with Crippen LogP contribution in [0.25, 0.3) is 0 Å². The molecule has 84 valence electrons. The van der Waals surface area contributed by atoms with Crippen molar-refractivity contribution in [1.29, 1.82) is 0 Å². The zero-order valence-electron chi connectivity index (χ0n) is 10.8. The molecule has 0 N–H and O–H groups in total. The standard InChI is InChI=1S/C15H25/c1-12(2)6-5-7-14(4)15-10-8-13(3)9-11-15/h8H,5-7,9-11H2,1-4H3/q+1/b15-14+. The number of hydrogen-bond donors (Lipinski definition) is 0. The summed E-state index contributed by atoms with van der Waals surface area (Å²) in [5.41, 5.74) is 4.93. The van der Waals surface area contributed by atoms with Crippen LogP contribution in [0.3, 0.4) is 0 Å². The van der Waals surface area contributed by atoms with Crippen molar-refractivity contribution in [2.75, 3.05) is 0 Å². The van der Waals surface area contributed by atoms with Gasteiger partial charge in [-0.3, -0.25) is 0 Å². The van der Waals surface area contributed by atoms with Gasteiger partial charge in [-0.1, -0.05) is 22.8 Å². The Morgan fingerprint density at radius 1 is 1.33 bits per heavy atom. The lowest BCUT2D eigenvalue weighted by atomic mass is 9.90. The molecule has 0 heterocycles. The van der Waals surface area contributed by atoms with Gasteiger partial charge in [0.05, 0.1) is 26.2 Å². The van der Waals surface area contributed by atoms with E-state index in [1.165, 1.54) is 38.5 Å². The summed E-state index contributed by atoms with van der Waals surface area (Å²) in [6.45, 7) is 9.04. The highest BCUT2D eigenvalue weighted by atomic mass is 14.1. The fourth-order valence-corrected chi connectivity index (χ4v) is 2.12. The molecule has 0 bridgehead atoms. The van der Waals surface area contributed by atoms with Gasteiger partial charge in [-0.25, -0.2) is 0 Å². The average Bonchev–Trinajstić information content (AvgIpc) is 2.18. The highest BCUT2D eigenvalue weighted by Gasteiger charge is 2.09. The van der Waals surface area contributed by atoms with Crippen LogP contribution in [0, 0.1) is 5.92 Å². The van der Waals surface area contributed by atoms with E-state index in [0.717, 1.165) is 0 Å². The van der Waals surface area contributed by atoms with Crippen molar-refractivity contribution < 1.29 is 0 Å². The Morgan fingerprint density at radius 3 is 2.60 bits per heavy atom.